The van der Waals surface area contributed by atoms with Crippen LogP contribution in [-0.2, 0) is 23.3 Å². The van der Waals surface area contributed by atoms with Crippen LogP contribution in [0.4, 0.5) is 5.82 Å². The molecule has 0 atom stereocenters. The molecule has 0 saturated heterocycles. The van der Waals surface area contributed by atoms with Crippen LogP contribution in [0.5, 0.6) is 0 Å². The number of amides is 1. The molecular weight excluding hydrogens is 442 g/mol. The zero-order chi connectivity index (χ0) is 24.0. The first-order valence-corrected chi connectivity index (χ1v) is 15.7. The quantitative estimate of drug-likeness (QED) is 0.267. The van der Waals surface area contributed by atoms with Gasteiger partial charge in [0.15, 0.2) is 0 Å². The number of imidazole rings is 1. The number of pyridine rings is 1. The number of nitrogens with zero attached hydrogens (tertiary/aromatic N) is 4. The molecule has 0 unspecified atom stereocenters. The molecule has 3 aromatic heterocycles. The number of carbonyl (C=O) groups excluding carboxylic acids is 1. The number of aryl methyl sites for hydroxylation is 2. The van der Waals surface area contributed by atoms with Crippen LogP contribution in [0, 0.1) is 12.8 Å². The number of hydrogen-bond donors (Lipinski definition) is 1. The van der Waals surface area contributed by atoms with Crippen molar-refractivity contribution in [1.82, 2.24) is 19.1 Å². The van der Waals surface area contributed by atoms with Gasteiger partial charge < -0.3 is 19.2 Å². The summed E-state index contributed by atoms with van der Waals surface area (Å²) in [5.41, 5.74) is 6.48. The predicted octanol–water partition coefficient (Wildman–Crippen LogP) is 5.56. The van der Waals surface area contributed by atoms with Crippen LogP contribution < -0.4 is 5.32 Å². The van der Waals surface area contributed by atoms with Crippen molar-refractivity contribution in [3.8, 4) is 11.3 Å². The first-order valence-electron chi connectivity index (χ1n) is 12.0. The molecule has 3 heterocycles. The highest BCUT2D eigenvalue weighted by molar-refractivity contribution is 6.76. The molecule has 7 nitrogen and oxygen atoms in total. The molecule has 5 rings (SSSR count). The van der Waals surface area contributed by atoms with Crippen molar-refractivity contribution in [3.63, 3.8) is 0 Å². The molecule has 1 aliphatic rings. The lowest BCUT2D eigenvalue weighted by Gasteiger charge is -2.15. The Bertz CT molecular complexity index is 1380. The number of hydrogen-bond acceptors (Lipinski definition) is 4. The second kappa shape index (κ2) is 8.67. The Morgan fingerprint density at radius 1 is 1.15 bits per heavy atom. The van der Waals surface area contributed by atoms with Gasteiger partial charge in [0.25, 0.3) is 0 Å². The van der Waals surface area contributed by atoms with Gasteiger partial charge in [0.1, 0.15) is 12.5 Å². The normalized spacial score (nSPS) is 14.3. The minimum absolute atomic E-state index is 0.0735. The Hall–Kier alpha value is -2.97. The van der Waals surface area contributed by atoms with Crippen LogP contribution in [0.15, 0.2) is 36.8 Å². The minimum atomic E-state index is -1.10. The average molecular weight is 476 g/mol. The highest BCUT2D eigenvalue weighted by Gasteiger charge is 2.29. The van der Waals surface area contributed by atoms with E-state index < -0.39 is 8.07 Å². The molecule has 178 valence electrons. The predicted molar refractivity (Wildman–Crippen MR) is 140 cm³/mol. The molecule has 0 spiro atoms. The van der Waals surface area contributed by atoms with Crippen LogP contribution in [0.2, 0.25) is 25.7 Å². The summed E-state index contributed by atoms with van der Waals surface area (Å²) in [6, 6.07) is 9.62. The van der Waals surface area contributed by atoms with Crippen molar-refractivity contribution in [2.45, 2.75) is 52.2 Å². The largest absolute Gasteiger partial charge is 0.361 e. The summed E-state index contributed by atoms with van der Waals surface area (Å²) in [4.78, 5) is 21.2. The monoisotopic (exact) mass is 475 g/mol. The Labute approximate surface area is 201 Å². The lowest BCUT2D eigenvalue weighted by atomic mass is 10.0. The minimum Gasteiger partial charge on any atom is -0.361 e. The van der Waals surface area contributed by atoms with Crippen molar-refractivity contribution in [2.24, 2.45) is 13.0 Å². The molecule has 4 aromatic rings. The molecule has 34 heavy (non-hydrogen) atoms. The third-order valence-corrected chi connectivity index (χ3v) is 8.30. The number of nitrogens with one attached hydrogen (secondary N) is 1. The first kappa shape index (κ1) is 22.8. The van der Waals surface area contributed by atoms with Crippen LogP contribution in [0.25, 0.3) is 33.2 Å². The number of benzene rings is 1. The molecule has 1 amide bonds. The lowest BCUT2D eigenvalue weighted by molar-refractivity contribution is -0.117. The van der Waals surface area contributed by atoms with Gasteiger partial charge in [0.2, 0.25) is 5.91 Å². The van der Waals surface area contributed by atoms with Gasteiger partial charge >= 0.3 is 0 Å². The average Bonchev–Trinajstić information content (AvgIpc) is 3.49. The molecule has 8 heteroatoms. The fraction of sp³-hybridized carbons (Fsp3) is 0.423. The Balaban J connectivity index is 1.40. The van der Waals surface area contributed by atoms with E-state index in [0.717, 1.165) is 58.7 Å². The fourth-order valence-electron chi connectivity index (χ4n) is 4.26. The molecule has 1 N–H and O–H groups in total. The summed E-state index contributed by atoms with van der Waals surface area (Å²) in [7, 11) is 0.954. The molecule has 0 aliphatic heterocycles. The van der Waals surface area contributed by atoms with E-state index in [4.69, 9.17) is 4.74 Å². The summed E-state index contributed by atoms with van der Waals surface area (Å²) in [5, 5.41) is 4.01. The number of carbonyl (C=O) groups is 1. The maximum absolute atomic E-state index is 12.1. The van der Waals surface area contributed by atoms with E-state index in [0.29, 0.717) is 12.5 Å². The zero-order valence-electron chi connectivity index (χ0n) is 20.7. The fourth-order valence-corrected chi connectivity index (χ4v) is 5.02. The van der Waals surface area contributed by atoms with E-state index in [1.165, 1.54) is 5.56 Å². The molecule has 1 aliphatic carbocycles. The maximum atomic E-state index is 12.1. The Morgan fingerprint density at radius 2 is 1.94 bits per heavy atom. The third kappa shape index (κ3) is 4.65. The molecule has 0 radical (unpaired) electrons. The Morgan fingerprint density at radius 3 is 2.68 bits per heavy atom. The molecule has 1 aromatic carbocycles. The summed E-state index contributed by atoms with van der Waals surface area (Å²) in [6.07, 6.45) is 5.65. The number of anilines is 1. The van der Waals surface area contributed by atoms with E-state index in [2.05, 4.69) is 76.2 Å². The molecule has 0 bridgehead atoms. The highest BCUT2D eigenvalue weighted by Crippen LogP contribution is 2.33. The van der Waals surface area contributed by atoms with E-state index in [9.17, 15) is 4.79 Å². The van der Waals surface area contributed by atoms with Gasteiger partial charge in [-0.15, -0.1) is 0 Å². The van der Waals surface area contributed by atoms with Gasteiger partial charge in [-0.2, -0.15) is 0 Å². The molecular formula is C26H33N5O2Si. The van der Waals surface area contributed by atoms with E-state index in [-0.39, 0.29) is 11.8 Å². The van der Waals surface area contributed by atoms with E-state index in [1.54, 1.807) is 0 Å². The summed E-state index contributed by atoms with van der Waals surface area (Å²) in [6.45, 7) is 10.5. The van der Waals surface area contributed by atoms with Crippen LogP contribution in [-0.4, -0.2) is 39.7 Å². The van der Waals surface area contributed by atoms with Crippen molar-refractivity contribution in [3.05, 3.63) is 42.4 Å². The lowest BCUT2D eigenvalue weighted by Crippen LogP contribution is -2.21. The van der Waals surface area contributed by atoms with Crippen LogP contribution in [0.1, 0.15) is 18.4 Å². The number of aromatic nitrogens is 4. The molecule has 1 saturated carbocycles. The Kier molecular flexibility index (Phi) is 5.81. The van der Waals surface area contributed by atoms with Crippen molar-refractivity contribution < 1.29 is 9.53 Å². The second-order valence-electron chi connectivity index (χ2n) is 10.7. The van der Waals surface area contributed by atoms with Gasteiger partial charge in [0.05, 0.1) is 29.1 Å². The molecule has 1 fully saturated rings. The van der Waals surface area contributed by atoms with Gasteiger partial charge in [-0.3, -0.25) is 4.79 Å². The highest BCUT2D eigenvalue weighted by atomic mass is 28.3. The van der Waals surface area contributed by atoms with Crippen LogP contribution >= 0.6 is 0 Å². The van der Waals surface area contributed by atoms with Gasteiger partial charge in [-0.05, 0) is 55.6 Å². The van der Waals surface area contributed by atoms with E-state index in [1.807, 2.05) is 18.6 Å². The maximum Gasteiger partial charge on any atom is 0.228 e. The summed E-state index contributed by atoms with van der Waals surface area (Å²) < 4.78 is 10.2. The number of fused-ring (bicyclic) bond motifs is 2. The smallest absolute Gasteiger partial charge is 0.228 e. The SMILES string of the molecule is Cc1cc2c(cc1-c1cc3cc(NC(=O)C4CC4)ncc3n1C)ncn2COCC[Si](C)(C)C. The van der Waals surface area contributed by atoms with Gasteiger partial charge in [-0.1, -0.05) is 19.6 Å². The third-order valence-electron chi connectivity index (χ3n) is 6.60. The number of ether oxygens (including phenoxy) is 1. The van der Waals surface area contributed by atoms with Gasteiger partial charge in [-0.25, -0.2) is 9.97 Å². The van der Waals surface area contributed by atoms with Crippen molar-refractivity contribution in [2.75, 3.05) is 11.9 Å². The second-order valence-corrected chi connectivity index (χ2v) is 16.3. The zero-order valence-corrected chi connectivity index (χ0v) is 21.7. The summed E-state index contributed by atoms with van der Waals surface area (Å²) >= 11 is 0. The first-order chi connectivity index (χ1) is 16.2. The number of rotatable bonds is 8. The van der Waals surface area contributed by atoms with Crippen LogP contribution in [0.3, 0.4) is 0 Å². The summed E-state index contributed by atoms with van der Waals surface area (Å²) in [5.74, 6) is 0.842. The van der Waals surface area contributed by atoms with Crippen molar-refractivity contribution in [1.29, 1.82) is 0 Å². The van der Waals surface area contributed by atoms with E-state index >= 15 is 0 Å². The van der Waals surface area contributed by atoms with Gasteiger partial charge in [0, 0.05) is 44.3 Å². The van der Waals surface area contributed by atoms with Crippen molar-refractivity contribution >= 4 is 41.7 Å². The standard InChI is InChI=1S/C26H33N5O2Si/c1-17-10-23-21(28-15-31(23)16-33-8-9-34(3,4)5)13-20(17)22-11-19-12-25(27-14-24(19)30(22)2)29-26(32)18-6-7-18/h10-15,18H,6-9,16H2,1-5H3,(H,27,29,32). The topological polar surface area (TPSA) is 74.0 Å².